The van der Waals surface area contributed by atoms with Crippen LogP contribution in [-0.2, 0) is 0 Å². The number of nitrogens with one attached hydrogen (secondary N) is 1. The van der Waals surface area contributed by atoms with Gasteiger partial charge in [-0.15, -0.1) is 0 Å². The van der Waals surface area contributed by atoms with E-state index in [1.54, 1.807) is 0 Å². The monoisotopic (exact) mass is 629 g/mol. The first-order valence-corrected chi connectivity index (χ1v) is 16.5. The third-order valence-electron chi connectivity index (χ3n) is 9.19. The van der Waals surface area contributed by atoms with E-state index in [-0.39, 0.29) is 6.17 Å². The van der Waals surface area contributed by atoms with E-state index in [1.807, 2.05) is 42.5 Å². The highest BCUT2D eigenvalue weighted by Crippen LogP contribution is 2.38. The van der Waals surface area contributed by atoms with Gasteiger partial charge in [0.05, 0.1) is 0 Å². The lowest BCUT2D eigenvalue weighted by Crippen LogP contribution is -2.33. The number of rotatable bonds is 6. The molecule has 1 N–H and O–H groups in total. The summed E-state index contributed by atoms with van der Waals surface area (Å²) in [5.74, 6) is 1.47. The Morgan fingerprint density at radius 2 is 0.939 bits per heavy atom. The standard InChI is InChI=1S/C45H31N3O/c1-4-11-30(12-5-1)32-19-21-34(22-20-32)37-27-28-38-41(29-37)49-40-18-10-17-39(42(38)40)45-47-43(35-15-8-3-9-16-35)46-44(48-45)36-25-23-33(24-26-36)31-13-6-2-7-14-31/h1-29,45H,(H,46,47,48). The zero-order valence-electron chi connectivity index (χ0n) is 26.6. The first-order valence-electron chi connectivity index (χ1n) is 16.5. The predicted molar refractivity (Wildman–Crippen MR) is 202 cm³/mol. The Bertz CT molecular complexity index is 2480. The second kappa shape index (κ2) is 12.3. The van der Waals surface area contributed by atoms with Gasteiger partial charge in [0.1, 0.15) is 23.2 Å². The van der Waals surface area contributed by atoms with Crippen LogP contribution in [-0.4, -0.2) is 11.7 Å². The minimum atomic E-state index is -0.369. The van der Waals surface area contributed by atoms with Crippen molar-refractivity contribution in [2.75, 3.05) is 0 Å². The van der Waals surface area contributed by atoms with Crippen LogP contribution in [0.5, 0.6) is 0 Å². The van der Waals surface area contributed by atoms with Gasteiger partial charge in [0.15, 0.2) is 5.84 Å². The van der Waals surface area contributed by atoms with Crippen LogP contribution in [0.15, 0.2) is 190 Å². The number of hydrogen-bond acceptors (Lipinski definition) is 4. The average molecular weight is 630 g/mol. The van der Waals surface area contributed by atoms with Gasteiger partial charge in [0, 0.05) is 27.5 Å². The summed E-state index contributed by atoms with van der Waals surface area (Å²) < 4.78 is 6.51. The van der Waals surface area contributed by atoms with Crippen LogP contribution in [0.3, 0.4) is 0 Å². The number of amidine groups is 2. The maximum absolute atomic E-state index is 6.51. The van der Waals surface area contributed by atoms with Crippen molar-refractivity contribution in [2.45, 2.75) is 6.17 Å². The second-order valence-corrected chi connectivity index (χ2v) is 12.2. The number of benzene rings is 7. The number of fused-ring (bicyclic) bond motifs is 3. The van der Waals surface area contributed by atoms with Crippen LogP contribution < -0.4 is 5.32 Å². The van der Waals surface area contributed by atoms with Crippen molar-refractivity contribution in [3.63, 3.8) is 0 Å². The molecule has 7 aromatic carbocycles. The van der Waals surface area contributed by atoms with Crippen molar-refractivity contribution >= 4 is 33.6 Å². The van der Waals surface area contributed by atoms with Gasteiger partial charge in [-0.25, -0.2) is 9.98 Å². The number of aliphatic imine (C=N–C) groups is 2. The molecule has 8 aromatic rings. The largest absolute Gasteiger partial charge is 0.456 e. The summed E-state index contributed by atoms with van der Waals surface area (Å²) in [5, 5.41) is 5.78. The van der Waals surface area contributed by atoms with Crippen molar-refractivity contribution in [2.24, 2.45) is 9.98 Å². The van der Waals surface area contributed by atoms with E-state index in [0.29, 0.717) is 5.84 Å². The molecule has 0 radical (unpaired) electrons. The smallest absolute Gasteiger partial charge is 0.159 e. The van der Waals surface area contributed by atoms with Gasteiger partial charge in [-0.05, 0) is 51.6 Å². The molecular formula is C45H31N3O. The molecule has 232 valence electrons. The van der Waals surface area contributed by atoms with Gasteiger partial charge in [-0.3, -0.25) is 0 Å². The summed E-state index contributed by atoms with van der Waals surface area (Å²) in [6.07, 6.45) is -0.369. The van der Waals surface area contributed by atoms with Gasteiger partial charge < -0.3 is 9.73 Å². The van der Waals surface area contributed by atoms with E-state index in [9.17, 15) is 0 Å². The molecule has 0 saturated carbocycles. The van der Waals surface area contributed by atoms with Gasteiger partial charge >= 0.3 is 0 Å². The molecule has 9 rings (SSSR count). The van der Waals surface area contributed by atoms with E-state index in [1.165, 1.54) is 16.7 Å². The first kappa shape index (κ1) is 28.7. The van der Waals surface area contributed by atoms with Crippen LogP contribution >= 0.6 is 0 Å². The van der Waals surface area contributed by atoms with Gasteiger partial charge in [0.2, 0.25) is 0 Å². The van der Waals surface area contributed by atoms with Crippen molar-refractivity contribution in [1.29, 1.82) is 0 Å². The normalized spacial score (nSPS) is 14.3. The molecule has 0 spiro atoms. The van der Waals surface area contributed by atoms with Crippen LogP contribution in [0.2, 0.25) is 0 Å². The van der Waals surface area contributed by atoms with Crippen molar-refractivity contribution in [1.82, 2.24) is 5.32 Å². The summed E-state index contributed by atoms with van der Waals surface area (Å²) in [6, 6.07) is 61.0. The van der Waals surface area contributed by atoms with Gasteiger partial charge in [-0.1, -0.05) is 158 Å². The molecule has 4 nitrogen and oxygen atoms in total. The lowest BCUT2D eigenvalue weighted by atomic mass is 9.98. The molecule has 2 heterocycles. The van der Waals surface area contributed by atoms with Gasteiger partial charge in [0.25, 0.3) is 0 Å². The highest BCUT2D eigenvalue weighted by atomic mass is 16.3. The fraction of sp³-hybridized carbons (Fsp3) is 0.0222. The van der Waals surface area contributed by atoms with Crippen molar-refractivity contribution < 1.29 is 4.42 Å². The Balaban J connectivity index is 1.09. The zero-order valence-corrected chi connectivity index (χ0v) is 26.6. The Morgan fingerprint density at radius 3 is 1.55 bits per heavy atom. The van der Waals surface area contributed by atoms with Crippen LogP contribution in [0.1, 0.15) is 22.9 Å². The predicted octanol–water partition coefficient (Wildman–Crippen LogP) is 11.1. The molecule has 1 unspecified atom stereocenters. The Morgan fingerprint density at radius 1 is 0.429 bits per heavy atom. The quantitative estimate of drug-likeness (QED) is 0.199. The highest BCUT2D eigenvalue weighted by Gasteiger charge is 2.24. The van der Waals surface area contributed by atoms with Crippen LogP contribution in [0.25, 0.3) is 55.3 Å². The topological polar surface area (TPSA) is 49.9 Å². The average Bonchev–Trinajstić information content (AvgIpc) is 3.57. The minimum Gasteiger partial charge on any atom is -0.456 e. The molecule has 49 heavy (non-hydrogen) atoms. The van der Waals surface area contributed by atoms with E-state index in [2.05, 4.69) is 139 Å². The molecule has 0 aliphatic carbocycles. The zero-order chi connectivity index (χ0) is 32.6. The Kier molecular flexibility index (Phi) is 7.17. The molecular weight excluding hydrogens is 599 g/mol. The first-order chi connectivity index (χ1) is 24.3. The van der Waals surface area contributed by atoms with Crippen LogP contribution in [0, 0.1) is 0 Å². The van der Waals surface area contributed by atoms with E-state index in [0.717, 1.165) is 61.2 Å². The Labute approximate surface area is 284 Å². The number of hydrogen-bond donors (Lipinski definition) is 1. The van der Waals surface area contributed by atoms with E-state index < -0.39 is 0 Å². The summed E-state index contributed by atoms with van der Waals surface area (Å²) in [6.45, 7) is 0. The SMILES string of the molecule is c1ccc(C2=NC(c3cccc4oc5cc(-c6ccc(-c7ccccc7)cc6)ccc5c34)NC(c3ccc(-c4ccccc4)cc3)=N2)cc1. The highest BCUT2D eigenvalue weighted by molar-refractivity contribution is 6.14. The number of nitrogens with zero attached hydrogens (tertiary/aromatic N) is 2. The summed E-state index contributed by atoms with van der Waals surface area (Å²) in [5.41, 5.74) is 11.7. The van der Waals surface area contributed by atoms with E-state index >= 15 is 0 Å². The molecule has 1 aromatic heterocycles. The lowest BCUT2D eigenvalue weighted by molar-refractivity contribution is 0.662. The molecule has 0 bridgehead atoms. The van der Waals surface area contributed by atoms with Crippen molar-refractivity contribution in [3.05, 3.63) is 193 Å². The van der Waals surface area contributed by atoms with Crippen LogP contribution in [0.4, 0.5) is 0 Å². The third-order valence-corrected chi connectivity index (χ3v) is 9.19. The summed E-state index contributed by atoms with van der Waals surface area (Å²) >= 11 is 0. The fourth-order valence-corrected chi connectivity index (χ4v) is 6.67. The fourth-order valence-electron chi connectivity index (χ4n) is 6.67. The molecule has 1 aliphatic rings. The minimum absolute atomic E-state index is 0.369. The van der Waals surface area contributed by atoms with E-state index in [4.69, 9.17) is 14.4 Å². The Hall–Kier alpha value is -6.52. The molecule has 1 aliphatic heterocycles. The molecule has 0 saturated heterocycles. The maximum Gasteiger partial charge on any atom is 0.159 e. The maximum atomic E-state index is 6.51. The molecule has 1 atom stereocenters. The van der Waals surface area contributed by atoms with Gasteiger partial charge in [-0.2, -0.15) is 0 Å². The number of furan rings is 1. The lowest BCUT2D eigenvalue weighted by Gasteiger charge is -2.24. The van der Waals surface area contributed by atoms with Crippen molar-refractivity contribution in [3.8, 4) is 33.4 Å². The summed E-state index contributed by atoms with van der Waals surface area (Å²) in [4.78, 5) is 10.2. The molecule has 0 fully saturated rings. The second-order valence-electron chi connectivity index (χ2n) is 12.2. The molecule has 4 heteroatoms. The third kappa shape index (κ3) is 5.49. The summed E-state index contributed by atoms with van der Waals surface area (Å²) in [7, 11) is 0. The molecule has 0 amide bonds.